The number of nitrogen functional groups attached to an aromatic ring is 1. The van der Waals surface area contributed by atoms with Crippen LogP contribution >= 0.6 is 0 Å². The first-order valence-electron chi connectivity index (χ1n) is 3.51. The molecule has 0 atom stereocenters. The highest BCUT2D eigenvalue weighted by molar-refractivity contribution is 4.93. The van der Waals surface area contributed by atoms with Crippen LogP contribution in [0.1, 0.15) is 19.5 Å². The summed E-state index contributed by atoms with van der Waals surface area (Å²) in [5.74, 6) is 5.18. The lowest BCUT2D eigenvalue weighted by Gasteiger charge is -1.94. The molecule has 0 aromatic carbocycles. The van der Waals surface area contributed by atoms with E-state index in [1.54, 1.807) is 6.92 Å². The topological polar surface area (TPSA) is 60.9 Å². The molecule has 1 rings (SSSR count). The minimum Gasteiger partial charge on any atom is -0.336 e. The number of aromatic nitrogens is 2. The van der Waals surface area contributed by atoms with E-state index in [-0.39, 0.29) is 5.56 Å². The van der Waals surface area contributed by atoms with Gasteiger partial charge in [-0.2, -0.15) is 0 Å². The van der Waals surface area contributed by atoms with E-state index >= 15 is 0 Å². The van der Waals surface area contributed by atoms with Crippen molar-refractivity contribution in [3.8, 4) is 0 Å². The summed E-state index contributed by atoms with van der Waals surface area (Å²) < 4.78 is 1.00. The molecule has 0 saturated heterocycles. The number of hydrogen-bond donors (Lipinski definition) is 1. The first-order valence-corrected chi connectivity index (χ1v) is 3.51. The Morgan fingerprint density at radius 2 is 2.09 bits per heavy atom. The maximum Gasteiger partial charge on any atom is 0.289 e. The highest BCUT2D eigenvalue weighted by Gasteiger charge is 1.92. The quantitative estimate of drug-likeness (QED) is 0.548. The van der Waals surface area contributed by atoms with Gasteiger partial charge < -0.3 is 5.84 Å². The molecular formula is C7H13N3O. The van der Waals surface area contributed by atoms with Gasteiger partial charge in [-0.05, 0) is 6.92 Å². The SMILES string of the molecule is CC.Cc1nccn(N)c1=O. The molecule has 62 valence electrons. The Morgan fingerprint density at radius 3 is 2.45 bits per heavy atom. The van der Waals surface area contributed by atoms with Crippen LogP contribution < -0.4 is 11.4 Å². The van der Waals surface area contributed by atoms with Gasteiger partial charge in [0, 0.05) is 12.4 Å². The predicted molar refractivity (Wildman–Crippen MR) is 44.7 cm³/mol. The Morgan fingerprint density at radius 1 is 1.55 bits per heavy atom. The Hall–Kier alpha value is -1.32. The molecule has 0 aliphatic carbocycles. The number of aryl methyl sites for hydroxylation is 1. The Balaban J connectivity index is 0.000000461. The van der Waals surface area contributed by atoms with Gasteiger partial charge in [0.05, 0.1) is 0 Å². The molecule has 0 radical (unpaired) electrons. The maximum absolute atomic E-state index is 10.7. The summed E-state index contributed by atoms with van der Waals surface area (Å²) in [4.78, 5) is 14.5. The van der Waals surface area contributed by atoms with Gasteiger partial charge in [0.25, 0.3) is 5.56 Å². The van der Waals surface area contributed by atoms with Crippen LogP contribution in [0.5, 0.6) is 0 Å². The van der Waals surface area contributed by atoms with Crippen LogP contribution in [0.3, 0.4) is 0 Å². The lowest BCUT2D eigenvalue weighted by atomic mass is 10.5. The van der Waals surface area contributed by atoms with Crippen LogP contribution in [0.15, 0.2) is 17.2 Å². The fourth-order valence-corrected chi connectivity index (χ4v) is 0.527. The van der Waals surface area contributed by atoms with Crippen LogP contribution in [0.4, 0.5) is 0 Å². The normalized spacial score (nSPS) is 8.27. The molecule has 1 aromatic rings. The van der Waals surface area contributed by atoms with Gasteiger partial charge in [-0.25, -0.2) is 4.68 Å². The second-order valence-electron chi connectivity index (χ2n) is 1.73. The van der Waals surface area contributed by atoms with E-state index in [0.29, 0.717) is 5.69 Å². The smallest absolute Gasteiger partial charge is 0.289 e. The van der Waals surface area contributed by atoms with Gasteiger partial charge in [0.15, 0.2) is 0 Å². The lowest BCUT2D eigenvalue weighted by Crippen LogP contribution is -2.28. The second kappa shape index (κ2) is 4.49. The molecule has 0 aliphatic rings. The van der Waals surface area contributed by atoms with E-state index in [1.807, 2.05) is 13.8 Å². The molecule has 1 heterocycles. The summed E-state index contributed by atoms with van der Waals surface area (Å²) in [5.41, 5.74) is 0.164. The van der Waals surface area contributed by atoms with Crippen molar-refractivity contribution < 1.29 is 0 Å². The molecule has 0 saturated carbocycles. The molecule has 4 nitrogen and oxygen atoms in total. The van der Waals surface area contributed by atoms with E-state index < -0.39 is 0 Å². The second-order valence-corrected chi connectivity index (χ2v) is 1.73. The molecule has 0 fully saturated rings. The van der Waals surface area contributed by atoms with Crippen molar-refractivity contribution in [2.24, 2.45) is 0 Å². The Bertz CT molecular complexity index is 243. The average Bonchev–Trinajstić information content (AvgIpc) is 2.04. The van der Waals surface area contributed by atoms with Crippen molar-refractivity contribution in [3.05, 3.63) is 28.4 Å². The van der Waals surface area contributed by atoms with E-state index in [2.05, 4.69) is 4.98 Å². The van der Waals surface area contributed by atoms with Gasteiger partial charge in [0.2, 0.25) is 0 Å². The fourth-order valence-electron chi connectivity index (χ4n) is 0.527. The van der Waals surface area contributed by atoms with Gasteiger partial charge in [0.1, 0.15) is 5.69 Å². The zero-order valence-electron chi connectivity index (χ0n) is 7.03. The molecular weight excluding hydrogens is 142 g/mol. The molecule has 2 N–H and O–H groups in total. The third-order valence-corrected chi connectivity index (χ3v) is 1.04. The molecule has 1 aromatic heterocycles. The van der Waals surface area contributed by atoms with E-state index in [4.69, 9.17) is 5.84 Å². The standard InChI is InChI=1S/C5H7N3O.C2H6/c1-4-5(9)8(6)3-2-7-4;1-2/h2-3H,6H2,1H3;1-2H3. The molecule has 0 aliphatic heterocycles. The average molecular weight is 155 g/mol. The van der Waals surface area contributed by atoms with Crippen LogP contribution in [-0.2, 0) is 0 Å². The number of hydrogen-bond acceptors (Lipinski definition) is 3. The van der Waals surface area contributed by atoms with Crippen LogP contribution in [-0.4, -0.2) is 9.66 Å². The minimum absolute atomic E-state index is 0.252. The minimum atomic E-state index is -0.252. The van der Waals surface area contributed by atoms with Crippen molar-refractivity contribution in [2.75, 3.05) is 5.84 Å². The highest BCUT2D eigenvalue weighted by Crippen LogP contribution is 1.75. The summed E-state index contributed by atoms with van der Waals surface area (Å²) in [5, 5.41) is 0. The van der Waals surface area contributed by atoms with Crippen molar-refractivity contribution in [3.63, 3.8) is 0 Å². The van der Waals surface area contributed by atoms with E-state index in [0.717, 1.165) is 4.68 Å². The number of rotatable bonds is 0. The third-order valence-electron chi connectivity index (χ3n) is 1.04. The third kappa shape index (κ3) is 2.41. The lowest BCUT2D eigenvalue weighted by molar-refractivity contribution is 0.883. The van der Waals surface area contributed by atoms with Crippen molar-refractivity contribution in [1.29, 1.82) is 0 Å². The molecule has 11 heavy (non-hydrogen) atoms. The van der Waals surface area contributed by atoms with Crippen molar-refractivity contribution >= 4 is 0 Å². The zero-order valence-corrected chi connectivity index (χ0v) is 7.03. The zero-order chi connectivity index (χ0) is 8.85. The largest absolute Gasteiger partial charge is 0.336 e. The first-order chi connectivity index (χ1) is 5.22. The van der Waals surface area contributed by atoms with Gasteiger partial charge in [-0.1, -0.05) is 13.8 Å². The fraction of sp³-hybridized carbons (Fsp3) is 0.429. The summed E-state index contributed by atoms with van der Waals surface area (Å²) in [6.45, 7) is 5.62. The summed E-state index contributed by atoms with van der Waals surface area (Å²) in [6.07, 6.45) is 2.89. The van der Waals surface area contributed by atoms with Gasteiger partial charge >= 0.3 is 0 Å². The number of nitrogens with two attached hydrogens (primary N) is 1. The van der Waals surface area contributed by atoms with Crippen LogP contribution in [0.2, 0.25) is 0 Å². The predicted octanol–water partition coefficient (Wildman–Crippen LogP) is 0.292. The van der Waals surface area contributed by atoms with E-state index in [1.165, 1.54) is 12.4 Å². The summed E-state index contributed by atoms with van der Waals surface area (Å²) >= 11 is 0. The first kappa shape index (κ1) is 9.68. The van der Waals surface area contributed by atoms with Crippen LogP contribution in [0.25, 0.3) is 0 Å². The summed E-state index contributed by atoms with van der Waals surface area (Å²) in [6, 6.07) is 0. The monoisotopic (exact) mass is 155 g/mol. The number of nitrogens with zero attached hydrogens (tertiary/aromatic N) is 2. The van der Waals surface area contributed by atoms with Crippen molar-refractivity contribution in [2.45, 2.75) is 20.8 Å². The molecule has 0 amide bonds. The Kier molecular flexibility index (Phi) is 3.95. The van der Waals surface area contributed by atoms with Crippen molar-refractivity contribution in [1.82, 2.24) is 9.66 Å². The molecule has 0 bridgehead atoms. The molecule has 0 spiro atoms. The maximum atomic E-state index is 10.7. The van der Waals surface area contributed by atoms with E-state index in [9.17, 15) is 4.79 Å². The van der Waals surface area contributed by atoms with Gasteiger partial charge in [-0.15, -0.1) is 0 Å². The summed E-state index contributed by atoms with van der Waals surface area (Å²) in [7, 11) is 0. The van der Waals surface area contributed by atoms with Crippen LogP contribution in [0, 0.1) is 6.92 Å². The molecule has 0 unspecified atom stereocenters. The Labute approximate surface area is 65.7 Å². The van der Waals surface area contributed by atoms with Gasteiger partial charge in [-0.3, -0.25) is 9.78 Å². The molecule has 4 heteroatoms. The highest BCUT2D eigenvalue weighted by atomic mass is 16.1.